The fourth-order valence-corrected chi connectivity index (χ4v) is 9.64. The predicted molar refractivity (Wildman–Crippen MR) is 326 cm³/mol. The molecule has 0 aromatic rings. The van der Waals surface area contributed by atoms with Gasteiger partial charge in [-0.3, -0.25) is 28.8 Å². The van der Waals surface area contributed by atoms with E-state index in [1.807, 2.05) is 34.6 Å². The van der Waals surface area contributed by atoms with Crippen molar-refractivity contribution in [3.05, 3.63) is 42.9 Å². The molecule has 0 saturated carbocycles. The van der Waals surface area contributed by atoms with Crippen LogP contribution in [0.15, 0.2) is 42.9 Å². The van der Waals surface area contributed by atoms with E-state index in [-0.39, 0.29) is 67.6 Å². The van der Waals surface area contributed by atoms with Crippen LogP contribution in [0.1, 0.15) is 299 Å². The molecule has 458 valence electrons. The normalized spacial score (nSPS) is 13.9. The lowest BCUT2D eigenvalue weighted by Crippen LogP contribution is -2.27. The summed E-state index contributed by atoms with van der Waals surface area (Å²) < 4.78 is 28.3. The summed E-state index contributed by atoms with van der Waals surface area (Å²) in [6.07, 6.45) is 40.1. The molecular weight excluding hydrogens is 993 g/mol. The minimum Gasteiger partial charge on any atom is -0.490 e. The standard InChI is InChI=1S/C59H102O11.C7H12.C2H6/c1-8-14-16-18-29-34-40-67-56(62)45-50(43-53(61)11-4)44-54(12-5)66-39-33-31-27-25-23-21-20-22-24-26-28-32-36-42-69-58(64)47-51(46-57(63)68-41-35-30-19-17-15-9-2)48-59(65)70-55(13-6)49(7)37-38-52(60)10-3;1-2-7-5-3-4-6-7;1-2/h11,49-51,55H,4-5,8-10,13-48H2,1-3,6-7H3;3,5,7H,2,4,6H2,1H3;1-2H3/t49-,50?,51?,55-;;/m0../s1. The largest absolute Gasteiger partial charge is 0.490 e. The molecule has 0 amide bonds. The third kappa shape index (κ3) is 49.6. The van der Waals surface area contributed by atoms with Gasteiger partial charge in [-0.25, -0.2) is 0 Å². The van der Waals surface area contributed by atoms with E-state index in [9.17, 15) is 28.8 Å². The van der Waals surface area contributed by atoms with Crippen molar-refractivity contribution in [2.45, 2.75) is 305 Å². The third-order valence-corrected chi connectivity index (χ3v) is 14.8. The van der Waals surface area contributed by atoms with Gasteiger partial charge in [-0.05, 0) is 87.5 Å². The first kappa shape index (κ1) is 77.1. The molecule has 0 saturated heterocycles. The molecular formula is C68H120O11. The molecule has 1 aliphatic carbocycles. The van der Waals surface area contributed by atoms with Crippen LogP contribution in [0.25, 0.3) is 0 Å². The van der Waals surface area contributed by atoms with Gasteiger partial charge in [0.15, 0.2) is 5.78 Å². The summed E-state index contributed by atoms with van der Waals surface area (Å²) in [5.74, 6) is -0.756. The number of carbonyl (C=O) groups is 6. The van der Waals surface area contributed by atoms with Crippen molar-refractivity contribution in [1.29, 1.82) is 0 Å². The number of rotatable bonds is 52. The molecule has 11 heteroatoms. The zero-order valence-corrected chi connectivity index (χ0v) is 52.2. The second-order valence-electron chi connectivity index (χ2n) is 21.9. The van der Waals surface area contributed by atoms with Crippen LogP contribution >= 0.6 is 0 Å². The maximum Gasteiger partial charge on any atom is 0.306 e. The minimum atomic E-state index is -0.572. The number of ether oxygens (including phenoxy) is 5. The van der Waals surface area contributed by atoms with E-state index in [0.717, 1.165) is 89.4 Å². The van der Waals surface area contributed by atoms with Crippen molar-refractivity contribution < 1.29 is 52.5 Å². The molecule has 0 aliphatic heterocycles. The van der Waals surface area contributed by atoms with Gasteiger partial charge in [-0.2, -0.15) is 0 Å². The highest BCUT2D eigenvalue weighted by Crippen LogP contribution is 2.25. The van der Waals surface area contributed by atoms with Crippen molar-refractivity contribution in [3.63, 3.8) is 0 Å². The van der Waals surface area contributed by atoms with Crippen LogP contribution in [-0.2, 0) is 52.5 Å². The molecule has 0 N–H and O–H groups in total. The second-order valence-corrected chi connectivity index (χ2v) is 21.9. The lowest BCUT2D eigenvalue weighted by molar-refractivity contribution is -0.155. The molecule has 79 heavy (non-hydrogen) atoms. The molecule has 0 aromatic heterocycles. The van der Waals surface area contributed by atoms with Crippen molar-refractivity contribution in [2.75, 3.05) is 26.4 Å². The second kappa shape index (κ2) is 57.3. The highest BCUT2D eigenvalue weighted by molar-refractivity contribution is 5.89. The van der Waals surface area contributed by atoms with E-state index in [1.54, 1.807) is 0 Å². The molecule has 0 spiro atoms. The van der Waals surface area contributed by atoms with Crippen LogP contribution in [0.5, 0.6) is 0 Å². The first-order valence-corrected chi connectivity index (χ1v) is 32.4. The van der Waals surface area contributed by atoms with Gasteiger partial charge in [0.05, 0.1) is 26.4 Å². The average Bonchev–Trinajstić information content (AvgIpc) is 3.99. The highest BCUT2D eigenvalue weighted by Gasteiger charge is 2.27. The Morgan fingerprint density at radius 1 is 0.544 bits per heavy atom. The zero-order valence-electron chi connectivity index (χ0n) is 52.2. The molecule has 0 radical (unpaired) electrons. The van der Waals surface area contributed by atoms with E-state index < -0.39 is 23.8 Å². The van der Waals surface area contributed by atoms with E-state index in [0.29, 0.717) is 64.3 Å². The Hall–Kier alpha value is -3.98. The maximum atomic E-state index is 13.1. The lowest BCUT2D eigenvalue weighted by atomic mass is 9.94. The molecule has 0 heterocycles. The average molecular weight is 1110 g/mol. The summed E-state index contributed by atoms with van der Waals surface area (Å²) in [5, 5.41) is 0. The predicted octanol–water partition coefficient (Wildman–Crippen LogP) is 18.5. The number of unbranched alkanes of at least 4 members (excludes halogenated alkanes) is 22. The Kier molecular flexibility index (Phi) is 55.9. The number of carbonyl (C=O) groups excluding carboxylic acids is 6. The van der Waals surface area contributed by atoms with Crippen molar-refractivity contribution >= 4 is 35.4 Å². The molecule has 5 atom stereocenters. The Bertz CT molecular complexity index is 1610. The molecule has 0 aromatic carbocycles. The third-order valence-electron chi connectivity index (χ3n) is 14.8. The molecule has 0 fully saturated rings. The first-order valence-electron chi connectivity index (χ1n) is 32.4. The molecule has 11 nitrogen and oxygen atoms in total. The van der Waals surface area contributed by atoms with Crippen LogP contribution < -0.4 is 0 Å². The van der Waals surface area contributed by atoms with Crippen molar-refractivity contribution in [3.8, 4) is 0 Å². The Labute approximate surface area is 484 Å². The van der Waals surface area contributed by atoms with Gasteiger partial charge < -0.3 is 23.7 Å². The Morgan fingerprint density at radius 2 is 0.937 bits per heavy atom. The minimum absolute atomic E-state index is 0.0208. The number of hydrogen-bond donors (Lipinski definition) is 0. The molecule has 1 aliphatic rings. The van der Waals surface area contributed by atoms with Crippen LogP contribution in [-0.4, -0.2) is 68.0 Å². The van der Waals surface area contributed by atoms with Crippen LogP contribution in [0.4, 0.5) is 0 Å². The number of hydrogen-bond acceptors (Lipinski definition) is 11. The summed E-state index contributed by atoms with van der Waals surface area (Å²) in [5.41, 5.74) is 2.88. The van der Waals surface area contributed by atoms with Crippen LogP contribution in [0.3, 0.4) is 0 Å². The van der Waals surface area contributed by atoms with Gasteiger partial charge in [0.25, 0.3) is 0 Å². The molecule has 1 rings (SSSR count). The van der Waals surface area contributed by atoms with Gasteiger partial charge in [0.1, 0.15) is 17.6 Å². The Morgan fingerprint density at radius 3 is 1.28 bits per heavy atom. The molecule has 3 unspecified atom stereocenters. The number of esters is 4. The maximum absolute atomic E-state index is 13.1. The number of allylic oxidation sites excluding steroid dienone is 4. The Balaban J connectivity index is 0. The summed E-state index contributed by atoms with van der Waals surface area (Å²) in [4.78, 5) is 75.4. The summed E-state index contributed by atoms with van der Waals surface area (Å²) in [6, 6.07) is 0. The fourth-order valence-electron chi connectivity index (χ4n) is 9.64. The van der Waals surface area contributed by atoms with Crippen molar-refractivity contribution in [2.24, 2.45) is 23.7 Å². The number of Topliss-reactive ketones (excluding diaryl/α,β-unsaturated/α-hetero) is 1. The van der Waals surface area contributed by atoms with Gasteiger partial charge in [-0.1, -0.05) is 221 Å². The zero-order chi connectivity index (χ0) is 59.0. The number of ketones is 2. The summed E-state index contributed by atoms with van der Waals surface area (Å²) >= 11 is 0. The van der Waals surface area contributed by atoms with E-state index >= 15 is 0 Å². The van der Waals surface area contributed by atoms with Crippen LogP contribution in [0.2, 0.25) is 0 Å². The van der Waals surface area contributed by atoms with E-state index in [4.69, 9.17) is 23.7 Å². The van der Waals surface area contributed by atoms with Gasteiger partial charge in [0.2, 0.25) is 0 Å². The SMILES string of the molecule is C=C=C(CC(CC(=O)C=C)CC(=O)OCCCCCCCC)OCCCCCCCCCCCCCCCOC(=O)CC(CC(=O)OCCCCCCCC)CC(=O)O[C@@H](CC)[C@@H](C)CCC(=O)CC.CC.CCC1C=CCC1. The highest BCUT2D eigenvalue weighted by atomic mass is 16.5. The smallest absolute Gasteiger partial charge is 0.306 e. The summed E-state index contributed by atoms with van der Waals surface area (Å²) in [6.45, 7) is 25.4. The van der Waals surface area contributed by atoms with Gasteiger partial charge in [-0.15, -0.1) is 0 Å². The monoisotopic (exact) mass is 1110 g/mol. The van der Waals surface area contributed by atoms with E-state index in [2.05, 4.69) is 51.8 Å². The lowest BCUT2D eigenvalue weighted by Gasteiger charge is -2.24. The van der Waals surface area contributed by atoms with E-state index in [1.165, 1.54) is 102 Å². The topological polar surface area (TPSA) is 149 Å². The quantitative estimate of drug-likeness (QED) is 0.0109. The van der Waals surface area contributed by atoms with Gasteiger partial charge in [0, 0.05) is 51.4 Å². The van der Waals surface area contributed by atoms with Gasteiger partial charge >= 0.3 is 23.9 Å². The molecule has 0 bridgehead atoms. The first-order chi connectivity index (χ1) is 38.3. The van der Waals surface area contributed by atoms with Crippen molar-refractivity contribution in [1.82, 2.24) is 0 Å². The van der Waals surface area contributed by atoms with Crippen LogP contribution in [0, 0.1) is 23.7 Å². The fraction of sp³-hybridized carbons (Fsp3) is 0.809. The summed E-state index contributed by atoms with van der Waals surface area (Å²) in [7, 11) is 0.